The summed E-state index contributed by atoms with van der Waals surface area (Å²) in [4.78, 5) is 11.7. The molecule has 8 heteroatoms. The maximum absolute atomic E-state index is 11.7. The average molecular weight is 274 g/mol. The molecule has 2 aromatic heterocycles. The molecule has 2 heterocycles. The molecule has 6 nitrogen and oxygen atoms in total. The summed E-state index contributed by atoms with van der Waals surface area (Å²) in [5.41, 5.74) is -0.445. The van der Waals surface area contributed by atoms with Crippen LogP contribution in [0.15, 0.2) is 11.0 Å². The molecule has 0 fully saturated rings. The van der Waals surface area contributed by atoms with Crippen LogP contribution in [0.2, 0.25) is 10.0 Å². The fraction of sp³-hybridized carbons (Fsp3) is 0.333. The summed E-state index contributed by atoms with van der Waals surface area (Å²) >= 11 is 11.4. The van der Waals surface area contributed by atoms with Crippen molar-refractivity contribution >= 4 is 23.2 Å². The van der Waals surface area contributed by atoms with E-state index in [1.807, 2.05) is 14.0 Å². The molecule has 0 spiro atoms. The van der Waals surface area contributed by atoms with Crippen molar-refractivity contribution in [3.63, 3.8) is 0 Å². The van der Waals surface area contributed by atoms with E-state index in [1.54, 1.807) is 4.57 Å². The zero-order valence-electron chi connectivity index (χ0n) is 9.18. The first-order valence-electron chi connectivity index (χ1n) is 4.76. The van der Waals surface area contributed by atoms with Gasteiger partial charge in [-0.2, -0.15) is 5.10 Å². The molecule has 0 N–H and O–H groups in total. The van der Waals surface area contributed by atoms with E-state index >= 15 is 0 Å². The molecule has 0 aromatic carbocycles. The lowest BCUT2D eigenvalue weighted by Gasteiger charge is -2.05. The normalized spacial score (nSPS) is 10.8. The predicted octanol–water partition coefficient (Wildman–Crippen LogP) is 1.04. The Labute approximate surface area is 107 Å². The van der Waals surface area contributed by atoms with Crippen molar-refractivity contribution in [2.24, 2.45) is 7.05 Å². The zero-order chi connectivity index (χ0) is 12.6. The number of halogens is 2. The maximum Gasteiger partial charge on any atom is 0.287 e. The highest BCUT2D eigenvalue weighted by Crippen LogP contribution is 2.14. The van der Waals surface area contributed by atoms with Gasteiger partial charge in [0.2, 0.25) is 0 Å². The molecule has 90 valence electrons. The minimum absolute atomic E-state index is 0.0412. The van der Waals surface area contributed by atoms with E-state index in [1.165, 1.54) is 10.9 Å². The summed E-state index contributed by atoms with van der Waals surface area (Å²) < 4.78 is 2.97. The monoisotopic (exact) mass is 273 g/mol. The van der Waals surface area contributed by atoms with Crippen molar-refractivity contribution in [1.82, 2.24) is 24.5 Å². The summed E-state index contributed by atoms with van der Waals surface area (Å²) in [6.45, 7) is 2.02. The van der Waals surface area contributed by atoms with Gasteiger partial charge < -0.3 is 4.57 Å². The zero-order valence-corrected chi connectivity index (χ0v) is 10.7. The topological polar surface area (TPSA) is 65.6 Å². The van der Waals surface area contributed by atoms with Crippen LogP contribution in [0.5, 0.6) is 0 Å². The minimum atomic E-state index is -0.445. The number of hydrogen-bond acceptors (Lipinski definition) is 4. The minimum Gasteiger partial charge on any atom is -0.317 e. The van der Waals surface area contributed by atoms with Gasteiger partial charge in [-0.1, -0.05) is 23.2 Å². The molecule has 2 aromatic rings. The van der Waals surface area contributed by atoms with E-state index in [2.05, 4.69) is 15.3 Å². The first kappa shape index (κ1) is 12.1. The van der Waals surface area contributed by atoms with Gasteiger partial charge in [-0.15, -0.1) is 10.2 Å². The first-order chi connectivity index (χ1) is 8.00. The Morgan fingerprint density at radius 1 is 1.35 bits per heavy atom. The lowest BCUT2D eigenvalue weighted by molar-refractivity contribution is 0.594. The Hall–Kier alpha value is -1.40. The van der Waals surface area contributed by atoms with Gasteiger partial charge in [0.15, 0.2) is 5.82 Å². The van der Waals surface area contributed by atoms with Crippen LogP contribution in [0.25, 0.3) is 0 Å². The predicted molar refractivity (Wildman–Crippen MR) is 63.4 cm³/mol. The Morgan fingerprint density at radius 3 is 2.65 bits per heavy atom. The molecule has 0 aliphatic rings. The van der Waals surface area contributed by atoms with Gasteiger partial charge >= 0.3 is 0 Å². The van der Waals surface area contributed by atoms with Crippen molar-refractivity contribution in [1.29, 1.82) is 0 Å². The molecule has 0 radical (unpaired) electrons. The van der Waals surface area contributed by atoms with Crippen LogP contribution in [-0.2, 0) is 13.6 Å². The molecule has 0 unspecified atom stereocenters. The Bertz CT molecular complexity index is 618. The van der Waals surface area contributed by atoms with Crippen molar-refractivity contribution in [2.75, 3.05) is 0 Å². The maximum atomic E-state index is 11.7. The van der Waals surface area contributed by atoms with Crippen LogP contribution in [0, 0.1) is 6.92 Å². The second kappa shape index (κ2) is 4.46. The van der Waals surface area contributed by atoms with E-state index in [0.717, 1.165) is 5.82 Å². The van der Waals surface area contributed by atoms with Crippen LogP contribution >= 0.6 is 23.2 Å². The molecule has 17 heavy (non-hydrogen) atoms. The smallest absolute Gasteiger partial charge is 0.287 e. The summed E-state index contributed by atoms with van der Waals surface area (Å²) in [6, 6.07) is 0. The standard InChI is InChI=1S/C9H9Cl2N5O/c1-5-13-14-7(15(5)2)4-16-9(17)8(11)6(10)3-12-16/h3H,4H2,1-2H3. The highest BCUT2D eigenvalue weighted by Gasteiger charge is 2.11. The fourth-order valence-electron chi connectivity index (χ4n) is 1.28. The van der Waals surface area contributed by atoms with Crippen LogP contribution in [-0.4, -0.2) is 24.5 Å². The summed E-state index contributed by atoms with van der Waals surface area (Å²) in [5.74, 6) is 1.38. The van der Waals surface area contributed by atoms with Gasteiger partial charge in [-0.05, 0) is 6.92 Å². The SMILES string of the molecule is Cc1nnc(Cn2ncc(Cl)c(Cl)c2=O)n1C. The first-order valence-corrected chi connectivity index (χ1v) is 5.52. The third-order valence-corrected chi connectivity index (χ3v) is 3.16. The van der Waals surface area contributed by atoms with E-state index < -0.39 is 5.56 Å². The van der Waals surface area contributed by atoms with Crippen molar-refractivity contribution < 1.29 is 0 Å². The molecular weight excluding hydrogens is 265 g/mol. The van der Waals surface area contributed by atoms with Crippen LogP contribution < -0.4 is 5.56 Å². The number of nitrogens with zero attached hydrogens (tertiary/aromatic N) is 5. The molecule has 0 amide bonds. The summed E-state index contributed by atoms with van der Waals surface area (Å²) in [6.07, 6.45) is 1.33. The van der Waals surface area contributed by atoms with Crippen molar-refractivity contribution in [2.45, 2.75) is 13.5 Å². The van der Waals surface area contributed by atoms with Gasteiger partial charge in [0.1, 0.15) is 17.4 Å². The number of rotatable bonds is 2. The van der Waals surface area contributed by atoms with Crippen LogP contribution in [0.1, 0.15) is 11.6 Å². The second-order valence-electron chi connectivity index (χ2n) is 3.49. The van der Waals surface area contributed by atoms with E-state index in [9.17, 15) is 4.79 Å². The van der Waals surface area contributed by atoms with Gasteiger partial charge in [-0.25, -0.2) is 4.68 Å². The molecule has 0 atom stereocenters. The highest BCUT2D eigenvalue weighted by molar-refractivity contribution is 6.41. The number of aromatic nitrogens is 5. The van der Waals surface area contributed by atoms with Gasteiger partial charge in [-0.3, -0.25) is 4.79 Å². The van der Waals surface area contributed by atoms with Crippen molar-refractivity contribution in [3.8, 4) is 0 Å². The lowest BCUT2D eigenvalue weighted by atomic mass is 10.5. The fourth-order valence-corrected chi connectivity index (χ4v) is 1.55. The molecule has 2 rings (SSSR count). The van der Waals surface area contributed by atoms with Crippen LogP contribution in [0.4, 0.5) is 0 Å². The molecule has 0 aliphatic heterocycles. The lowest BCUT2D eigenvalue weighted by Crippen LogP contribution is -2.25. The summed E-state index contributed by atoms with van der Waals surface area (Å²) in [7, 11) is 1.81. The van der Waals surface area contributed by atoms with Crippen molar-refractivity contribution in [3.05, 3.63) is 38.2 Å². The molecule has 0 aliphatic carbocycles. The van der Waals surface area contributed by atoms with E-state index in [0.29, 0.717) is 5.82 Å². The molecule has 0 saturated carbocycles. The Kier molecular flexibility index (Phi) is 3.17. The molecule has 0 saturated heterocycles. The second-order valence-corrected chi connectivity index (χ2v) is 4.28. The number of hydrogen-bond donors (Lipinski definition) is 0. The van der Waals surface area contributed by atoms with E-state index in [4.69, 9.17) is 23.2 Å². The van der Waals surface area contributed by atoms with Gasteiger partial charge in [0.05, 0.1) is 11.2 Å². The van der Waals surface area contributed by atoms with E-state index in [-0.39, 0.29) is 16.6 Å². The summed E-state index contributed by atoms with van der Waals surface area (Å²) in [5, 5.41) is 11.8. The average Bonchev–Trinajstić information content (AvgIpc) is 2.62. The molecule has 0 bridgehead atoms. The van der Waals surface area contributed by atoms with Gasteiger partial charge in [0, 0.05) is 7.05 Å². The third kappa shape index (κ3) is 2.18. The highest BCUT2D eigenvalue weighted by atomic mass is 35.5. The Balaban J connectivity index is 2.41. The Morgan fingerprint density at radius 2 is 2.06 bits per heavy atom. The quantitative estimate of drug-likeness (QED) is 0.820. The van der Waals surface area contributed by atoms with Gasteiger partial charge in [0.25, 0.3) is 5.56 Å². The van der Waals surface area contributed by atoms with Crippen LogP contribution in [0.3, 0.4) is 0 Å². The third-order valence-electron chi connectivity index (χ3n) is 2.42. The molecular formula is C9H9Cl2N5O. The largest absolute Gasteiger partial charge is 0.317 e. The number of aryl methyl sites for hydroxylation is 1.